The first-order valence-corrected chi connectivity index (χ1v) is 6.29. The van der Waals surface area contributed by atoms with Gasteiger partial charge in [-0.2, -0.15) is 0 Å². The van der Waals surface area contributed by atoms with Crippen LogP contribution in [0.25, 0.3) is 0 Å². The minimum Gasteiger partial charge on any atom is -0.493 e. The van der Waals surface area contributed by atoms with Crippen LogP contribution >= 0.6 is 0 Å². The molecule has 3 heteroatoms. The van der Waals surface area contributed by atoms with Crippen molar-refractivity contribution in [3.05, 3.63) is 29.8 Å². The highest BCUT2D eigenvalue weighted by molar-refractivity contribution is 5.37. The van der Waals surface area contributed by atoms with Gasteiger partial charge < -0.3 is 15.0 Å². The Morgan fingerprint density at radius 2 is 2.18 bits per heavy atom. The standard InChI is InChI=1S/C14H22N2O/c1-11(10-16(2)3)15-13-8-9-17-14-7-5-4-6-12(13)14/h4-7,11,13,15H,8-10H2,1-3H3. The molecule has 0 aromatic heterocycles. The van der Waals surface area contributed by atoms with Crippen molar-refractivity contribution in [1.82, 2.24) is 10.2 Å². The Labute approximate surface area is 104 Å². The summed E-state index contributed by atoms with van der Waals surface area (Å²) in [6.07, 6.45) is 1.05. The number of rotatable bonds is 4. The van der Waals surface area contributed by atoms with Crippen LogP contribution < -0.4 is 10.1 Å². The normalized spacial score (nSPS) is 20.8. The average Bonchev–Trinajstić information content (AvgIpc) is 2.28. The van der Waals surface area contributed by atoms with E-state index in [4.69, 9.17) is 4.74 Å². The van der Waals surface area contributed by atoms with Crippen LogP contribution in [0.4, 0.5) is 0 Å². The maximum atomic E-state index is 5.67. The molecule has 3 nitrogen and oxygen atoms in total. The fourth-order valence-corrected chi connectivity index (χ4v) is 2.46. The lowest BCUT2D eigenvalue weighted by atomic mass is 10.00. The van der Waals surface area contributed by atoms with Crippen molar-refractivity contribution in [1.29, 1.82) is 0 Å². The smallest absolute Gasteiger partial charge is 0.124 e. The number of nitrogens with zero attached hydrogens (tertiary/aromatic N) is 1. The number of hydrogen-bond donors (Lipinski definition) is 1. The number of nitrogens with one attached hydrogen (secondary N) is 1. The summed E-state index contributed by atoms with van der Waals surface area (Å²) in [5.74, 6) is 1.04. The maximum absolute atomic E-state index is 5.67. The van der Waals surface area contributed by atoms with Gasteiger partial charge in [0.1, 0.15) is 5.75 Å². The second kappa shape index (κ2) is 5.52. The molecule has 0 amide bonds. The van der Waals surface area contributed by atoms with Crippen molar-refractivity contribution >= 4 is 0 Å². The first-order valence-electron chi connectivity index (χ1n) is 6.29. The summed E-state index contributed by atoms with van der Waals surface area (Å²) >= 11 is 0. The highest BCUT2D eigenvalue weighted by atomic mass is 16.5. The Bertz CT molecular complexity index is 365. The van der Waals surface area contributed by atoms with Crippen molar-refractivity contribution in [3.8, 4) is 5.75 Å². The number of fused-ring (bicyclic) bond motifs is 1. The molecule has 0 saturated carbocycles. The first-order chi connectivity index (χ1) is 8.16. The predicted octanol–water partition coefficient (Wildman–Crippen LogP) is 2.05. The molecule has 1 aliphatic heterocycles. The van der Waals surface area contributed by atoms with Gasteiger partial charge in [0.15, 0.2) is 0 Å². The third-order valence-corrected chi connectivity index (χ3v) is 3.08. The van der Waals surface area contributed by atoms with Gasteiger partial charge in [0.05, 0.1) is 6.61 Å². The van der Waals surface area contributed by atoms with Crippen LogP contribution in [0, 0.1) is 0 Å². The minimum absolute atomic E-state index is 0.426. The number of ether oxygens (including phenoxy) is 1. The maximum Gasteiger partial charge on any atom is 0.124 e. The van der Waals surface area contributed by atoms with Gasteiger partial charge in [-0.05, 0) is 27.1 Å². The summed E-state index contributed by atoms with van der Waals surface area (Å²) in [7, 11) is 4.21. The van der Waals surface area contributed by atoms with Crippen LogP contribution in [0.5, 0.6) is 5.75 Å². The molecule has 2 rings (SSSR count). The van der Waals surface area contributed by atoms with Gasteiger partial charge in [0.2, 0.25) is 0 Å². The van der Waals surface area contributed by atoms with E-state index in [0.717, 1.165) is 25.3 Å². The minimum atomic E-state index is 0.426. The topological polar surface area (TPSA) is 24.5 Å². The van der Waals surface area contributed by atoms with E-state index in [0.29, 0.717) is 12.1 Å². The predicted molar refractivity (Wildman–Crippen MR) is 70.4 cm³/mol. The quantitative estimate of drug-likeness (QED) is 0.863. The second-order valence-electron chi connectivity index (χ2n) is 5.06. The molecule has 2 unspecified atom stereocenters. The third-order valence-electron chi connectivity index (χ3n) is 3.08. The molecule has 1 N–H and O–H groups in total. The molecule has 1 aliphatic rings. The zero-order chi connectivity index (χ0) is 12.3. The summed E-state index contributed by atoms with van der Waals surface area (Å²) in [5, 5.41) is 3.68. The van der Waals surface area contributed by atoms with Crippen molar-refractivity contribution in [2.45, 2.75) is 25.4 Å². The zero-order valence-corrected chi connectivity index (χ0v) is 10.9. The van der Waals surface area contributed by atoms with Gasteiger partial charge in [0, 0.05) is 30.6 Å². The van der Waals surface area contributed by atoms with Crippen LogP contribution in [-0.2, 0) is 0 Å². The number of benzene rings is 1. The number of hydrogen-bond acceptors (Lipinski definition) is 3. The van der Waals surface area contributed by atoms with Crippen molar-refractivity contribution in [3.63, 3.8) is 0 Å². The summed E-state index contributed by atoms with van der Waals surface area (Å²) in [6, 6.07) is 9.24. The number of para-hydroxylation sites is 1. The molecule has 17 heavy (non-hydrogen) atoms. The van der Waals surface area contributed by atoms with Crippen LogP contribution in [0.1, 0.15) is 24.9 Å². The van der Waals surface area contributed by atoms with Crippen molar-refractivity contribution in [2.24, 2.45) is 0 Å². The fourth-order valence-electron chi connectivity index (χ4n) is 2.46. The molecule has 0 aliphatic carbocycles. The van der Waals surface area contributed by atoms with E-state index in [1.165, 1.54) is 5.56 Å². The molecule has 0 radical (unpaired) electrons. The largest absolute Gasteiger partial charge is 0.493 e. The first kappa shape index (κ1) is 12.4. The molecule has 1 aromatic carbocycles. The van der Waals surface area contributed by atoms with E-state index < -0.39 is 0 Å². The van der Waals surface area contributed by atoms with Gasteiger partial charge in [-0.15, -0.1) is 0 Å². The van der Waals surface area contributed by atoms with E-state index in [-0.39, 0.29) is 0 Å². The summed E-state index contributed by atoms with van der Waals surface area (Å²) in [6.45, 7) is 4.10. The number of likely N-dealkylation sites (N-methyl/N-ethyl adjacent to an activating group) is 1. The van der Waals surface area contributed by atoms with Crippen LogP contribution in [-0.4, -0.2) is 38.2 Å². The van der Waals surface area contributed by atoms with Crippen LogP contribution in [0.2, 0.25) is 0 Å². The molecule has 1 heterocycles. The SMILES string of the molecule is CC(CN(C)C)NC1CCOc2ccccc21. The van der Waals surface area contributed by atoms with E-state index in [1.54, 1.807) is 0 Å². The lowest BCUT2D eigenvalue weighted by Crippen LogP contribution is -2.39. The molecule has 0 saturated heterocycles. The van der Waals surface area contributed by atoms with Crippen molar-refractivity contribution < 1.29 is 4.74 Å². The Balaban J connectivity index is 2.03. The van der Waals surface area contributed by atoms with Crippen molar-refractivity contribution in [2.75, 3.05) is 27.2 Å². The van der Waals surface area contributed by atoms with E-state index in [1.807, 2.05) is 6.07 Å². The molecule has 94 valence electrons. The molecular formula is C14H22N2O. The lowest BCUT2D eigenvalue weighted by Gasteiger charge is -2.30. The fraction of sp³-hybridized carbons (Fsp3) is 0.571. The van der Waals surface area contributed by atoms with E-state index in [9.17, 15) is 0 Å². The van der Waals surface area contributed by atoms with Gasteiger partial charge >= 0.3 is 0 Å². The van der Waals surface area contributed by atoms with Gasteiger partial charge in [-0.1, -0.05) is 18.2 Å². The Morgan fingerprint density at radius 1 is 1.41 bits per heavy atom. The molecular weight excluding hydrogens is 212 g/mol. The van der Waals surface area contributed by atoms with Crippen LogP contribution in [0.3, 0.4) is 0 Å². The molecule has 0 fully saturated rings. The lowest BCUT2D eigenvalue weighted by molar-refractivity contribution is 0.236. The van der Waals surface area contributed by atoms with Gasteiger partial charge in [-0.3, -0.25) is 0 Å². The summed E-state index contributed by atoms with van der Waals surface area (Å²) < 4.78 is 5.67. The second-order valence-corrected chi connectivity index (χ2v) is 5.06. The Hall–Kier alpha value is -1.06. The van der Waals surface area contributed by atoms with Gasteiger partial charge in [0.25, 0.3) is 0 Å². The van der Waals surface area contributed by atoms with E-state index >= 15 is 0 Å². The van der Waals surface area contributed by atoms with E-state index in [2.05, 4.69) is 49.4 Å². The Morgan fingerprint density at radius 3 is 2.94 bits per heavy atom. The summed E-state index contributed by atoms with van der Waals surface area (Å²) in [5.41, 5.74) is 1.30. The summed E-state index contributed by atoms with van der Waals surface area (Å²) in [4.78, 5) is 2.21. The molecule has 2 atom stereocenters. The monoisotopic (exact) mass is 234 g/mol. The molecule has 0 bridgehead atoms. The molecule has 1 aromatic rings. The highest BCUT2D eigenvalue weighted by Gasteiger charge is 2.22. The Kier molecular flexibility index (Phi) is 4.02. The highest BCUT2D eigenvalue weighted by Crippen LogP contribution is 2.31. The van der Waals surface area contributed by atoms with Gasteiger partial charge in [-0.25, -0.2) is 0 Å². The zero-order valence-electron chi connectivity index (χ0n) is 10.9. The third kappa shape index (κ3) is 3.20. The average molecular weight is 234 g/mol. The van der Waals surface area contributed by atoms with Crippen LogP contribution in [0.15, 0.2) is 24.3 Å². The molecule has 0 spiro atoms.